The van der Waals surface area contributed by atoms with Crippen molar-refractivity contribution in [2.24, 2.45) is 0 Å². The Balaban J connectivity index is 0. The number of carbonyl (C=O) groups excluding carboxylic acids is 2. The number of rotatable bonds is 18. The van der Waals surface area contributed by atoms with Crippen LogP contribution in [0.2, 0.25) is 0 Å². The van der Waals surface area contributed by atoms with Crippen LogP contribution < -0.4 is 0 Å². The predicted octanol–water partition coefficient (Wildman–Crippen LogP) is 4.10. The molecule has 0 amide bonds. The van der Waals surface area contributed by atoms with E-state index in [1.54, 1.807) is 0 Å². The van der Waals surface area contributed by atoms with Gasteiger partial charge in [-0.15, -0.1) is 0 Å². The smallest absolute Gasteiger partial charge is 0.747 e. The number of esters is 2. The molecule has 0 saturated heterocycles. The van der Waals surface area contributed by atoms with Gasteiger partial charge in [0.15, 0.2) is 5.25 Å². The Morgan fingerprint density at radius 3 is 1.62 bits per heavy atom. The molecule has 9 heteroatoms. The zero-order valence-corrected chi connectivity index (χ0v) is 20.1. The molecular formula is C20H37AgO7S. The van der Waals surface area contributed by atoms with E-state index in [0.29, 0.717) is 12.8 Å². The van der Waals surface area contributed by atoms with Gasteiger partial charge in [0.05, 0.1) is 19.6 Å². The molecule has 0 radical (unpaired) electrons. The van der Waals surface area contributed by atoms with Gasteiger partial charge in [0.25, 0.3) is 0 Å². The molecule has 0 aliphatic rings. The van der Waals surface area contributed by atoms with Crippen molar-refractivity contribution >= 4 is 22.1 Å². The second kappa shape index (κ2) is 19.5. The first kappa shape index (κ1) is 30.8. The maximum Gasteiger partial charge on any atom is 1.00 e. The zero-order valence-electron chi connectivity index (χ0n) is 17.8. The van der Waals surface area contributed by atoms with E-state index in [1.807, 2.05) is 0 Å². The Bertz CT molecular complexity index is 523. The predicted molar refractivity (Wildman–Crippen MR) is 107 cm³/mol. The number of ether oxygens (including phenoxy) is 2. The summed E-state index contributed by atoms with van der Waals surface area (Å²) in [6.07, 6.45) is 11.2. The van der Waals surface area contributed by atoms with Crippen LogP contribution in [0, 0.1) is 0 Å². The Morgan fingerprint density at radius 2 is 1.17 bits per heavy atom. The van der Waals surface area contributed by atoms with Gasteiger partial charge >= 0.3 is 34.3 Å². The van der Waals surface area contributed by atoms with Crippen LogP contribution in [-0.4, -0.2) is 43.4 Å². The molecule has 0 rings (SSSR count). The molecule has 0 aromatic carbocycles. The Kier molecular flexibility index (Phi) is 20.7. The molecule has 0 bridgehead atoms. The van der Waals surface area contributed by atoms with Gasteiger partial charge in [0.2, 0.25) is 0 Å². The molecule has 0 fully saturated rings. The molecule has 0 N–H and O–H groups in total. The third-order valence-corrected chi connectivity index (χ3v) is 5.52. The first-order valence-electron chi connectivity index (χ1n) is 10.6. The normalized spacial score (nSPS) is 12.1. The summed E-state index contributed by atoms with van der Waals surface area (Å²) in [5.74, 6) is -2.03. The van der Waals surface area contributed by atoms with E-state index in [4.69, 9.17) is 9.47 Å². The Labute approximate surface area is 191 Å². The fraction of sp³-hybridized carbons (Fsp3) is 0.900. The van der Waals surface area contributed by atoms with Crippen LogP contribution in [0.5, 0.6) is 0 Å². The van der Waals surface area contributed by atoms with Crippen LogP contribution in [0.1, 0.15) is 97.3 Å². The molecule has 0 spiro atoms. The minimum atomic E-state index is -4.98. The molecule has 0 aromatic heterocycles. The molecule has 0 aliphatic heterocycles. The minimum Gasteiger partial charge on any atom is -0.747 e. The van der Waals surface area contributed by atoms with Crippen LogP contribution in [0.25, 0.3) is 0 Å². The first-order valence-corrected chi connectivity index (χ1v) is 12.1. The fourth-order valence-corrected chi connectivity index (χ4v) is 3.37. The number of unbranched alkanes of at least 4 members (excludes halogenated alkanes) is 10. The molecule has 0 saturated carbocycles. The van der Waals surface area contributed by atoms with Gasteiger partial charge in [-0.2, -0.15) is 0 Å². The van der Waals surface area contributed by atoms with E-state index in [0.717, 1.165) is 57.8 Å². The molecule has 0 aromatic rings. The maximum absolute atomic E-state index is 11.9. The molecule has 0 aliphatic carbocycles. The first-order chi connectivity index (χ1) is 13.3. The summed E-state index contributed by atoms with van der Waals surface area (Å²) in [7, 11) is -4.98. The summed E-state index contributed by atoms with van der Waals surface area (Å²) in [5, 5.41) is -2.04. The van der Waals surface area contributed by atoms with E-state index >= 15 is 0 Å². The summed E-state index contributed by atoms with van der Waals surface area (Å²) in [6, 6.07) is 0. The van der Waals surface area contributed by atoms with Crippen LogP contribution in [0.3, 0.4) is 0 Å². The van der Waals surface area contributed by atoms with Gasteiger partial charge in [-0.3, -0.25) is 9.59 Å². The van der Waals surface area contributed by atoms with Gasteiger partial charge in [-0.05, 0) is 12.8 Å². The monoisotopic (exact) mass is 528 g/mol. The summed E-state index contributed by atoms with van der Waals surface area (Å²) >= 11 is 0. The number of hydrogen-bond acceptors (Lipinski definition) is 7. The third-order valence-electron chi connectivity index (χ3n) is 4.47. The van der Waals surface area contributed by atoms with Crippen molar-refractivity contribution in [2.45, 2.75) is 103 Å². The van der Waals surface area contributed by atoms with Gasteiger partial charge in [-0.1, -0.05) is 78.1 Å². The van der Waals surface area contributed by atoms with E-state index < -0.39 is 33.7 Å². The van der Waals surface area contributed by atoms with Crippen molar-refractivity contribution in [3.8, 4) is 0 Å². The Hall–Kier alpha value is -0.410. The minimum absolute atomic E-state index is 0. The van der Waals surface area contributed by atoms with Gasteiger partial charge in [-0.25, -0.2) is 8.42 Å². The molecule has 1 atom stereocenters. The summed E-state index contributed by atoms with van der Waals surface area (Å²) in [4.78, 5) is 23.7. The summed E-state index contributed by atoms with van der Waals surface area (Å²) < 4.78 is 43.8. The van der Waals surface area contributed by atoms with Gasteiger partial charge in [0, 0.05) is 0 Å². The molecule has 29 heavy (non-hydrogen) atoms. The number of carbonyl (C=O) groups is 2. The second-order valence-electron chi connectivity index (χ2n) is 7.11. The second-order valence-corrected chi connectivity index (χ2v) is 8.66. The van der Waals surface area contributed by atoms with E-state index in [-0.39, 0.29) is 35.6 Å². The van der Waals surface area contributed by atoms with Crippen LogP contribution in [0.4, 0.5) is 0 Å². The summed E-state index contributed by atoms with van der Waals surface area (Å²) in [5.41, 5.74) is 0. The van der Waals surface area contributed by atoms with E-state index in [9.17, 15) is 22.6 Å². The number of hydrogen-bond donors (Lipinski definition) is 0. The molecule has 7 nitrogen and oxygen atoms in total. The van der Waals surface area contributed by atoms with Crippen molar-refractivity contribution in [2.75, 3.05) is 13.2 Å². The largest absolute Gasteiger partial charge is 1.00 e. The maximum atomic E-state index is 11.9. The average Bonchev–Trinajstić information content (AvgIpc) is 2.63. The van der Waals surface area contributed by atoms with Crippen molar-refractivity contribution in [3.05, 3.63) is 0 Å². The molecule has 0 heterocycles. The van der Waals surface area contributed by atoms with Gasteiger partial charge < -0.3 is 14.0 Å². The van der Waals surface area contributed by atoms with Crippen LogP contribution in [-0.2, 0) is 51.6 Å². The van der Waals surface area contributed by atoms with Crippen molar-refractivity contribution in [3.63, 3.8) is 0 Å². The van der Waals surface area contributed by atoms with Crippen molar-refractivity contribution < 1.29 is 54.4 Å². The van der Waals surface area contributed by atoms with Crippen molar-refractivity contribution in [1.82, 2.24) is 0 Å². The zero-order chi connectivity index (χ0) is 21.3. The van der Waals surface area contributed by atoms with E-state index in [2.05, 4.69) is 13.8 Å². The molecule has 1 unspecified atom stereocenters. The van der Waals surface area contributed by atoms with Crippen LogP contribution >= 0.6 is 0 Å². The average molecular weight is 529 g/mol. The van der Waals surface area contributed by atoms with E-state index in [1.165, 1.54) is 6.42 Å². The third kappa shape index (κ3) is 18.1. The standard InChI is InChI=1S/C20H38O7S.Ag/c1-3-5-7-9-11-13-15-26-19(21)17-18(28(23,24)25)20(22)27-16-14-12-10-8-6-4-2;/h18H,3-17H2,1-2H3,(H,23,24,25);/q;+1/p-1. The topological polar surface area (TPSA) is 110 Å². The van der Waals surface area contributed by atoms with Crippen LogP contribution in [0.15, 0.2) is 0 Å². The van der Waals surface area contributed by atoms with Gasteiger partial charge in [0.1, 0.15) is 10.1 Å². The Morgan fingerprint density at radius 1 is 0.759 bits per heavy atom. The SMILES string of the molecule is CCCCCCCCOC(=O)CC(C(=O)OCCCCCCCC)S(=O)(=O)[O-].[Ag+]. The summed E-state index contributed by atoms with van der Waals surface area (Å²) in [6.45, 7) is 4.44. The quantitative estimate of drug-likeness (QED) is 0.114. The molecule has 176 valence electrons. The van der Waals surface area contributed by atoms with Crippen molar-refractivity contribution in [1.29, 1.82) is 0 Å². The molecular weight excluding hydrogens is 492 g/mol. The fourth-order valence-electron chi connectivity index (χ4n) is 2.73.